The van der Waals surface area contributed by atoms with E-state index in [-0.39, 0.29) is 5.79 Å². The van der Waals surface area contributed by atoms with Gasteiger partial charge in [0.05, 0.1) is 13.2 Å². The van der Waals surface area contributed by atoms with E-state index in [9.17, 15) is 0 Å². The number of nitrogens with zero attached hydrogens (tertiary/aromatic N) is 1. The van der Waals surface area contributed by atoms with E-state index in [1.807, 2.05) is 0 Å². The fourth-order valence-electron chi connectivity index (χ4n) is 4.35. The van der Waals surface area contributed by atoms with E-state index in [1.165, 1.54) is 32.4 Å². The van der Waals surface area contributed by atoms with Gasteiger partial charge in [0.1, 0.15) is 0 Å². The van der Waals surface area contributed by atoms with Crippen LogP contribution in [0.25, 0.3) is 0 Å². The summed E-state index contributed by atoms with van der Waals surface area (Å²) < 4.78 is 11.8. The number of likely N-dealkylation sites (tertiary alicyclic amines) is 1. The second-order valence-electron chi connectivity index (χ2n) is 6.43. The standard InChI is InChI=1S/C15H26ClNO2/c1-2-5-17-11-12(10-16)8-13-9-15(4-3-14(13)17)18-6-7-19-15/h12-14H,2-11H2,1H3. The van der Waals surface area contributed by atoms with Crippen LogP contribution in [0.4, 0.5) is 0 Å². The predicted molar refractivity (Wildman–Crippen MR) is 76.5 cm³/mol. The van der Waals surface area contributed by atoms with Crippen LogP contribution in [0.2, 0.25) is 0 Å². The van der Waals surface area contributed by atoms with Gasteiger partial charge in [0.25, 0.3) is 0 Å². The molecular weight excluding hydrogens is 262 g/mol. The van der Waals surface area contributed by atoms with Gasteiger partial charge >= 0.3 is 0 Å². The van der Waals surface area contributed by atoms with Gasteiger partial charge in [-0.25, -0.2) is 0 Å². The molecule has 1 aliphatic carbocycles. The minimum Gasteiger partial charge on any atom is -0.348 e. The molecule has 110 valence electrons. The Kier molecular flexibility index (Phi) is 4.37. The highest BCUT2D eigenvalue weighted by Crippen LogP contribution is 2.45. The second kappa shape index (κ2) is 5.88. The van der Waals surface area contributed by atoms with Gasteiger partial charge in [0, 0.05) is 31.3 Å². The van der Waals surface area contributed by atoms with E-state index in [0.717, 1.165) is 38.0 Å². The van der Waals surface area contributed by atoms with Gasteiger partial charge < -0.3 is 9.47 Å². The molecule has 1 saturated carbocycles. The maximum atomic E-state index is 6.14. The smallest absolute Gasteiger partial charge is 0.168 e. The zero-order valence-electron chi connectivity index (χ0n) is 11.9. The summed E-state index contributed by atoms with van der Waals surface area (Å²) in [6.07, 6.45) is 5.85. The Morgan fingerprint density at radius 1 is 1.32 bits per heavy atom. The van der Waals surface area contributed by atoms with Crippen molar-refractivity contribution >= 4 is 11.6 Å². The molecule has 3 rings (SSSR count). The van der Waals surface area contributed by atoms with Crippen molar-refractivity contribution in [3.05, 3.63) is 0 Å². The minimum atomic E-state index is -0.243. The van der Waals surface area contributed by atoms with Crippen LogP contribution in [-0.2, 0) is 9.47 Å². The van der Waals surface area contributed by atoms with Gasteiger partial charge in [-0.2, -0.15) is 0 Å². The lowest BCUT2D eigenvalue weighted by molar-refractivity contribution is -0.202. The van der Waals surface area contributed by atoms with Crippen molar-refractivity contribution in [3.63, 3.8) is 0 Å². The molecule has 0 aromatic carbocycles. The van der Waals surface area contributed by atoms with Crippen molar-refractivity contribution in [1.82, 2.24) is 4.90 Å². The SMILES string of the molecule is CCCN1CC(CCl)CC2CC3(CCC21)OCCO3. The van der Waals surface area contributed by atoms with Crippen molar-refractivity contribution in [3.8, 4) is 0 Å². The highest BCUT2D eigenvalue weighted by molar-refractivity contribution is 6.18. The van der Waals surface area contributed by atoms with Crippen molar-refractivity contribution in [1.29, 1.82) is 0 Å². The number of ether oxygens (including phenoxy) is 2. The highest BCUT2D eigenvalue weighted by Gasteiger charge is 2.48. The maximum absolute atomic E-state index is 6.14. The molecule has 2 heterocycles. The summed E-state index contributed by atoms with van der Waals surface area (Å²) in [4.78, 5) is 2.68. The molecule has 3 atom stereocenters. The van der Waals surface area contributed by atoms with Gasteiger partial charge in [-0.1, -0.05) is 6.92 Å². The Hall–Kier alpha value is 0.170. The molecule has 4 heteroatoms. The van der Waals surface area contributed by atoms with E-state index in [1.54, 1.807) is 0 Å². The molecule has 0 bridgehead atoms. The number of hydrogen-bond acceptors (Lipinski definition) is 3. The molecule has 0 aromatic rings. The van der Waals surface area contributed by atoms with E-state index < -0.39 is 0 Å². The average molecular weight is 288 g/mol. The zero-order valence-corrected chi connectivity index (χ0v) is 12.7. The fraction of sp³-hybridized carbons (Fsp3) is 1.00. The van der Waals surface area contributed by atoms with Crippen LogP contribution in [-0.4, -0.2) is 48.9 Å². The van der Waals surface area contributed by atoms with Gasteiger partial charge in [-0.3, -0.25) is 4.90 Å². The third kappa shape index (κ3) is 2.80. The van der Waals surface area contributed by atoms with E-state index in [0.29, 0.717) is 11.8 Å². The lowest BCUT2D eigenvalue weighted by Crippen LogP contribution is -2.55. The van der Waals surface area contributed by atoms with Crippen molar-refractivity contribution in [2.45, 2.75) is 50.9 Å². The summed E-state index contributed by atoms with van der Waals surface area (Å²) in [5, 5.41) is 0. The molecule has 0 N–H and O–H groups in total. The summed E-state index contributed by atoms with van der Waals surface area (Å²) in [6.45, 7) is 6.22. The van der Waals surface area contributed by atoms with Crippen LogP contribution in [0.3, 0.4) is 0 Å². The number of piperidine rings is 1. The zero-order chi connectivity index (χ0) is 13.3. The van der Waals surface area contributed by atoms with Gasteiger partial charge in [0.2, 0.25) is 0 Å². The topological polar surface area (TPSA) is 21.7 Å². The molecule has 3 nitrogen and oxygen atoms in total. The normalized spacial score (nSPS) is 38.5. The molecule has 0 radical (unpaired) electrons. The molecule has 3 unspecified atom stereocenters. The van der Waals surface area contributed by atoms with Crippen molar-refractivity contribution in [2.24, 2.45) is 11.8 Å². The van der Waals surface area contributed by atoms with Gasteiger partial charge in [-0.05, 0) is 37.6 Å². The summed E-state index contributed by atoms with van der Waals surface area (Å²) in [5.41, 5.74) is 0. The van der Waals surface area contributed by atoms with Gasteiger partial charge in [0.15, 0.2) is 5.79 Å². The Bertz CT molecular complexity index is 307. The van der Waals surface area contributed by atoms with Crippen LogP contribution in [0, 0.1) is 11.8 Å². The largest absolute Gasteiger partial charge is 0.348 e. The number of alkyl halides is 1. The summed E-state index contributed by atoms with van der Waals surface area (Å²) >= 11 is 6.14. The van der Waals surface area contributed by atoms with Gasteiger partial charge in [-0.15, -0.1) is 11.6 Å². The van der Waals surface area contributed by atoms with Crippen LogP contribution < -0.4 is 0 Å². The number of fused-ring (bicyclic) bond motifs is 1. The first kappa shape index (κ1) is 14.1. The van der Waals surface area contributed by atoms with E-state index in [2.05, 4.69) is 11.8 Å². The molecule has 2 aliphatic heterocycles. The Labute approximate surface area is 121 Å². The van der Waals surface area contributed by atoms with Crippen molar-refractivity contribution in [2.75, 3.05) is 32.2 Å². The Balaban J connectivity index is 1.71. The molecule has 3 aliphatic rings. The fourth-order valence-corrected chi connectivity index (χ4v) is 4.57. The third-order valence-electron chi connectivity index (χ3n) is 5.08. The van der Waals surface area contributed by atoms with Crippen LogP contribution in [0.1, 0.15) is 39.0 Å². The summed E-state index contributed by atoms with van der Waals surface area (Å²) in [6, 6.07) is 0.734. The summed E-state index contributed by atoms with van der Waals surface area (Å²) in [5.74, 6) is 1.90. The van der Waals surface area contributed by atoms with Crippen molar-refractivity contribution < 1.29 is 9.47 Å². The molecule has 0 amide bonds. The first-order chi connectivity index (χ1) is 9.26. The monoisotopic (exact) mass is 287 g/mol. The highest BCUT2D eigenvalue weighted by atomic mass is 35.5. The number of hydrogen-bond donors (Lipinski definition) is 0. The molecule has 19 heavy (non-hydrogen) atoms. The molecule has 1 spiro atoms. The Morgan fingerprint density at radius 3 is 2.79 bits per heavy atom. The third-order valence-corrected chi connectivity index (χ3v) is 5.52. The average Bonchev–Trinajstić information content (AvgIpc) is 2.86. The summed E-state index contributed by atoms with van der Waals surface area (Å²) in [7, 11) is 0. The van der Waals surface area contributed by atoms with Crippen LogP contribution >= 0.6 is 11.6 Å². The number of rotatable bonds is 3. The quantitative estimate of drug-likeness (QED) is 0.745. The second-order valence-corrected chi connectivity index (χ2v) is 6.74. The minimum absolute atomic E-state index is 0.243. The molecule has 3 fully saturated rings. The van der Waals surface area contributed by atoms with Crippen LogP contribution in [0.15, 0.2) is 0 Å². The molecular formula is C15H26ClNO2. The van der Waals surface area contributed by atoms with E-state index >= 15 is 0 Å². The first-order valence-corrected chi connectivity index (χ1v) is 8.38. The number of halogens is 1. The Morgan fingerprint density at radius 2 is 2.11 bits per heavy atom. The van der Waals surface area contributed by atoms with E-state index in [4.69, 9.17) is 21.1 Å². The lowest BCUT2D eigenvalue weighted by atomic mass is 9.73. The first-order valence-electron chi connectivity index (χ1n) is 7.84. The predicted octanol–water partition coefficient (Wildman–Crippen LogP) is 2.87. The molecule has 0 aromatic heterocycles. The molecule has 2 saturated heterocycles. The van der Waals surface area contributed by atoms with Crippen LogP contribution in [0.5, 0.6) is 0 Å². The maximum Gasteiger partial charge on any atom is 0.168 e. The lowest BCUT2D eigenvalue weighted by Gasteiger charge is -2.50.